The Labute approximate surface area is 143 Å². The predicted octanol–water partition coefficient (Wildman–Crippen LogP) is 6.58. The van der Waals surface area contributed by atoms with Crippen LogP contribution < -0.4 is 0 Å². The fourth-order valence-electron chi connectivity index (χ4n) is 3.32. The van der Waals surface area contributed by atoms with Gasteiger partial charge >= 0.3 is 0 Å². The van der Waals surface area contributed by atoms with Crippen LogP contribution in [0.2, 0.25) is 0 Å². The van der Waals surface area contributed by atoms with Gasteiger partial charge in [0.05, 0.1) is 3.57 Å². The number of halogens is 2. The first kappa shape index (κ1) is 19.0. The highest BCUT2D eigenvalue weighted by atomic mass is 127. The number of aryl methyl sites for hydroxylation is 1. The van der Waals surface area contributed by atoms with Crippen molar-refractivity contribution < 1.29 is 4.39 Å². The van der Waals surface area contributed by atoms with Crippen LogP contribution in [0.25, 0.3) is 0 Å². The van der Waals surface area contributed by atoms with Gasteiger partial charge in [0.2, 0.25) is 0 Å². The fraction of sp³-hybridized carbons (Fsp3) is 0.778. The quantitative estimate of drug-likeness (QED) is 0.305. The molecule has 0 fully saturated rings. The maximum atomic E-state index is 13.9. The van der Waals surface area contributed by atoms with Crippen LogP contribution in [0.3, 0.4) is 0 Å². The average Bonchev–Trinajstić information content (AvgIpc) is 2.69. The van der Waals surface area contributed by atoms with E-state index in [1.807, 2.05) is 11.6 Å². The van der Waals surface area contributed by atoms with Crippen LogP contribution in [0.5, 0.6) is 0 Å². The van der Waals surface area contributed by atoms with E-state index in [0.717, 1.165) is 3.57 Å². The highest BCUT2D eigenvalue weighted by molar-refractivity contribution is 14.1. The Morgan fingerprint density at radius 2 is 1.57 bits per heavy atom. The molecule has 1 unspecified atom stereocenters. The molecule has 1 aromatic rings. The summed E-state index contributed by atoms with van der Waals surface area (Å²) in [4.78, 5) is 0. The largest absolute Gasteiger partial charge is 0.350 e. The fourth-order valence-corrected chi connectivity index (χ4v) is 4.49. The van der Waals surface area contributed by atoms with E-state index in [1.54, 1.807) is 6.20 Å². The second-order valence-corrected chi connectivity index (χ2v) is 7.66. The van der Waals surface area contributed by atoms with Crippen molar-refractivity contribution in [2.24, 2.45) is 7.05 Å². The molecular formula is C18H31FIN. The molecule has 1 heterocycles. The first-order valence-corrected chi connectivity index (χ1v) is 9.55. The van der Waals surface area contributed by atoms with Crippen LogP contribution in [0.15, 0.2) is 6.20 Å². The molecule has 1 atom stereocenters. The van der Waals surface area contributed by atoms with Crippen molar-refractivity contribution in [2.75, 3.05) is 0 Å². The summed E-state index contributed by atoms with van der Waals surface area (Å²) < 4.78 is 16.8. The van der Waals surface area contributed by atoms with Gasteiger partial charge in [-0.3, -0.25) is 0 Å². The Morgan fingerprint density at radius 3 is 2.05 bits per heavy atom. The highest BCUT2D eigenvalue weighted by Gasteiger charge is 2.32. The summed E-state index contributed by atoms with van der Waals surface area (Å²) >= 11 is 2.18. The van der Waals surface area contributed by atoms with E-state index < -0.39 is 0 Å². The molecule has 0 radical (unpaired) electrons. The van der Waals surface area contributed by atoms with Crippen molar-refractivity contribution in [1.82, 2.24) is 4.57 Å². The Morgan fingerprint density at radius 1 is 1.05 bits per heavy atom. The van der Waals surface area contributed by atoms with Gasteiger partial charge in [0, 0.05) is 24.4 Å². The Kier molecular flexibility index (Phi) is 8.28. The van der Waals surface area contributed by atoms with E-state index in [2.05, 4.69) is 43.4 Å². The minimum Gasteiger partial charge on any atom is -0.350 e. The van der Waals surface area contributed by atoms with Gasteiger partial charge in [0.25, 0.3) is 0 Å². The molecule has 0 saturated heterocycles. The van der Waals surface area contributed by atoms with Crippen LogP contribution >= 0.6 is 22.6 Å². The molecule has 1 aromatic heterocycles. The third-order valence-electron chi connectivity index (χ3n) is 4.56. The van der Waals surface area contributed by atoms with Crippen LogP contribution in [0.1, 0.15) is 84.3 Å². The highest BCUT2D eigenvalue weighted by Crippen LogP contribution is 2.38. The second-order valence-electron chi connectivity index (χ2n) is 6.58. The maximum Gasteiger partial charge on any atom is 0.154 e. The number of aromatic nitrogens is 1. The number of rotatable bonds is 10. The van der Waals surface area contributed by atoms with Crippen LogP contribution in [-0.2, 0) is 12.5 Å². The third-order valence-corrected chi connectivity index (χ3v) is 5.59. The molecule has 0 bridgehead atoms. The van der Waals surface area contributed by atoms with E-state index >= 15 is 0 Å². The zero-order chi connectivity index (χ0) is 15.9. The van der Waals surface area contributed by atoms with E-state index in [-0.39, 0.29) is 11.2 Å². The van der Waals surface area contributed by atoms with Gasteiger partial charge in [0.15, 0.2) is 5.82 Å². The molecule has 0 amide bonds. The molecular weight excluding hydrogens is 376 g/mol. The average molecular weight is 407 g/mol. The first-order chi connectivity index (χ1) is 9.96. The molecule has 3 heteroatoms. The molecule has 0 saturated carbocycles. The lowest BCUT2D eigenvalue weighted by atomic mass is 9.77. The normalized spacial score (nSPS) is 14.4. The van der Waals surface area contributed by atoms with E-state index in [9.17, 15) is 4.39 Å². The van der Waals surface area contributed by atoms with Crippen LogP contribution in [-0.4, -0.2) is 4.57 Å². The Bertz CT molecular complexity index is 427. The van der Waals surface area contributed by atoms with Gasteiger partial charge in [-0.15, -0.1) is 0 Å². The molecule has 0 spiro atoms. The molecule has 0 N–H and O–H groups in total. The summed E-state index contributed by atoms with van der Waals surface area (Å²) in [6.45, 7) is 6.83. The lowest BCUT2D eigenvalue weighted by Gasteiger charge is -2.31. The predicted molar refractivity (Wildman–Crippen MR) is 98.3 cm³/mol. The number of hydrogen-bond acceptors (Lipinski definition) is 0. The Hall–Kier alpha value is -0.0600. The van der Waals surface area contributed by atoms with E-state index in [0.29, 0.717) is 0 Å². The van der Waals surface area contributed by atoms with Crippen molar-refractivity contribution in [2.45, 2.75) is 84.0 Å². The van der Waals surface area contributed by atoms with Gasteiger partial charge < -0.3 is 4.57 Å². The van der Waals surface area contributed by atoms with E-state index in [4.69, 9.17) is 0 Å². The van der Waals surface area contributed by atoms with Crippen molar-refractivity contribution in [3.05, 3.63) is 21.3 Å². The van der Waals surface area contributed by atoms with Gasteiger partial charge in [0.1, 0.15) is 0 Å². The smallest absolute Gasteiger partial charge is 0.154 e. The topological polar surface area (TPSA) is 4.93 Å². The zero-order valence-corrected chi connectivity index (χ0v) is 16.3. The van der Waals surface area contributed by atoms with Crippen molar-refractivity contribution in [1.29, 1.82) is 0 Å². The molecule has 0 aromatic carbocycles. The van der Waals surface area contributed by atoms with Crippen molar-refractivity contribution in [3.63, 3.8) is 0 Å². The Balaban J connectivity index is 2.88. The van der Waals surface area contributed by atoms with E-state index in [1.165, 1.54) is 63.5 Å². The van der Waals surface area contributed by atoms with Crippen molar-refractivity contribution >= 4 is 22.6 Å². The van der Waals surface area contributed by atoms with Gasteiger partial charge in [-0.25, -0.2) is 4.39 Å². The van der Waals surface area contributed by atoms with Crippen molar-refractivity contribution in [3.8, 4) is 0 Å². The molecule has 1 nitrogen and oxygen atoms in total. The third kappa shape index (κ3) is 5.26. The van der Waals surface area contributed by atoms with Gasteiger partial charge in [-0.2, -0.15) is 0 Å². The monoisotopic (exact) mass is 407 g/mol. The minimum atomic E-state index is -0.0663. The number of nitrogens with zero attached hydrogens (tertiary/aromatic N) is 1. The minimum absolute atomic E-state index is 0.0663. The van der Waals surface area contributed by atoms with Crippen LogP contribution in [0, 0.1) is 9.39 Å². The number of hydrogen-bond donors (Lipinski definition) is 0. The summed E-state index contributed by atoms with van der Waals surface area (Å²) in [6, 6.07) is 0. The number of unbranched alkanes of at least 4 members (excludes halogenated alkanes) is 5. The molecule has 0 aliphatic heterocycles. The lowest BCUT2D eigenvalue weighted by molar-refractivity contribution is 0.347. The second kappa shape index (κ2) is 9.16. The molecule has 1 rings (SSSR count). The molecule has 21 heavy (non-hydrogen) atoms. The molecule has 0 aliphatic rings. The van der Waals surface area contributed by atoms with Gasteiger partial charge in [-0.1, -0.05) is 65.7 Å². The SMILES string of the molecule is CCCCCCC(C)(CCCCC)c1c(I)c(F)cn1C. The van der Waals surface area contributed by atoms with Gasteiger partial charge in [-0.05, 0) is 35.4 Å². The zero-order valence-electron chi connectivity index (χ0n) is 14.1. The first-order valence-electron chi connectivity index (χ1n) is 8.47. The summed E-state index contributed by atoms with van der Waals surface area (Å²) in [5.41, 5.74) is 1.31. The summed E-state index contributed by atoms with van der Waals surface area (Å²) in [6.07, 6.45) is 12.9. The maximum absolute atomic E-state index is 13.9. The molecule has 0 aliphatic carbocycles. The molecule has 122 valence electrons. The summed E-state index contributed by atoms with van der Waals surface area (Å²) in [5.74, 6) is -0.0663. The standard InChI is InChI=1S/C18H31FIN/c1-5-7-9-11-13-18(3,12-10-8-6-2)17-16(20)15(19)14-21(17)4/h14H,5-13H2,1-4H3. The lowest BCUT2D eigenvalue weighted by Crippen LogP contribution is -2.26. The summed E-state index contributed by atoms with van der Waals surface area (Å²) in [5, 5.41) is 0. The van der Waals surface area contributed by atoms with Crippen LogP contribution in [0.4, 0.5) is 4.39 Å². The summed E-state index contributed by atoms with van der Waals surface area (Å²) in [7, 11) is 1.99.